The first kappa shape index (κ1) is 18.2. The zero-order chi connectivity index (χ0) is 18.4. The van der Waals surface area contributed by atoms with Crippen molar-refractivity contribution in [3.63, 3.8) is 0 Å². The summed E-state index contributed by atoms with van der Waals surface area (Å²) in [6.45, 7) is 4.07. The Morgan fingerprint density at radius 3 is 2.50 bits per heavy atom. The van der Waals surface area contributed by atoms with Gasteiger partial charge in [-0.1, -0.05) is 12.1 Å². The number of benzene rings is 2. The zero-order valence-electron chi connectivity index (χ0n) is 14.8. The van der Waals surface area contributed by atoms with Crippen molar-refractivity contribution in [3.05, 3.63) is 54.1 Å². The van der Waals surface area contributed by atoms with Crippen molar-refractivity contribution in [1.82, 2.24) is 5.32 Å². The van der Waals surface area contributed by atoms with Gasteiger partial charge in [-0.05, 0) is 67.5 Å². The highest BCUT2D eigenvalue weighted by Gasteiger charge is 2.21. The number of carbonyl (C=O) groups is 1. The predicted octanol–water partition coefficient (Wildman–Crippen LogP) is 3.70. The first-order valence-corrected chi connectivity index (χ1v) is 9.23. The molecule has 0 saturated carbocycles. The molecule has 1 saturated heterocycles. The molecule has 1 fully saturated rings. The molecular formula is C20H23N3O2S. The number of hydrogen-bond donors (Lipinski definition) is 2. The largest absolute Gasteiger partial charge is 0.494 e. The molecule has 0 spiro atoms. The molecule has 5 nitrogen and oxygen atoms in total. The summed E-state index contributed by atoms with van der Waals surface area (Å²) < 4.78 is 5.44. The van der Waals surface area contributed by atoms with Crippen LogP contribution < -0.4 is 20.3 Å². The van der Waals surface area contributed by atoms with Crippen LogP contribution in [0.2, 0.25) is 0 Å². The number of ether oxygens (including phenoxy) is 1. The molecule has 2 aromatic rings. The lowest BCUT2D eigenvalue weighted by Crippen LogP contribution is -2.28. The van der Waals surface area contributed by atoms with Crippen molar-refractivity contribution < 1.29 is 9.53 Å². The average Bonchev–Trinajstić information content (AvgIpc) is 3.08. The minimum Gasteiger partial charge on any atom is -0.494 e. The number of nitrogens with zero attached hydrogens (tertiary/aromatic N) is 1. The van der Waals surface area contributed by atoms with E-state index in [0.717, 1.165) is 35.7 Å². The number of amides is 1. The molecule has 26 heavy (non-hydrogen) atoms. The van der Waals surface area contributed by atoms with E-state index in [1.54, 1.807) is 0 Å². The summed E-state index contributed by atoms with van der Waals surface area (Å²) in [6.07, 6.45) is 1.57. The molecule has 1 aliphatic rings. The van der Waals surface area contributed by atoms with Gasteiger partial charge in [-0.2, -0.15) is 0 Å². The van der Waals surface area contributed by atoms with E-state index in [-0.39, 0.29) is 5.91 Å². The van der Waals surface area contributed by atoms with Gasteiger partial charge in [0.1, 0.15) is 5.75 Å². The molecule has 0 unspecified atom stereocenters. The van der Waals surface area contributed by atoms with E-state index in [0.29, 0.717) is 24.7 Å². The molecule has 0 atom stereocenters. The Labute approximate surface area is 159 Å². The van der Waals surface area contributed by atoms with Crippen molar-refractivity contribution in [2.45, 2.75) is 26.3 Å². The number of nitrogens with one attached hydrogen (secondary N) is 2. The Kier molecular flexibility index (Phi) is 6.07. The van der Waals surface area contributed by atoms with Crippen molar-refractivity contribution in [2.75, 3.05) is 23.4 Å². The van der Waals surface area contributed by atoms with Gasteiger partial charge < -0.3 is 20.3 Å². The SMILES string of the molecule is CCOc1ccc(CNC(=S)Nc2ccc(N3CCCC3=O)cc2)cc1. The highest BCUT2D eigenvalue weighted by atomic mass is 32.1. The molecule has 2 N–H and O–H groups in total. The second kappa shape index (κ2) is 8.67. The summed E-state index contributed by atoms with van der Waals surface area (Å²) in [7, 11) is 0. The van der Waals surface area contributed by atoms with Gasteiger partial charge in [-0.25, -0.2) is 0 Å². The van der Waals surface area contributed by atoms with E-state index in [1.165, 1.54) is 0 Å². The minimum atomic E-state index is 0.193. The Balaban J connectivity index is 1.49. The maximum absolute atomic E-state index is 11.8. The summed E-state index contributed by atoms with van der Waals surface area (Å²) >= 11 is 5.35. The van der Waals surface area contributed by atoms with E-state index >= 15 is 0 Å². The third kappa shape index (κ3) is 4.73. The van der Waals surface area contributed by atoms with Crippen molar-refractivity contribution in [3.8, 4) is 5.75 Å². The van der Waals surface area contributed by atoms with Gasteiger partial charge in [0.05, 0.1) is 6.61 Å². The van der Waals surface area contributed by atoms with Crippen LogP contribution in [0.5, 0.6) is 5.75 Å². The Morgan fingerprint density at radius 1 is 1.15 bits per heavy atom. The number of anilines is 2. The second-order valence-electron chi connectivity index (χ2n) is 6.08. The minimum absolute atomic E-state index is 0.193. The first-order chi connectivity index (χ1) is 12.7. The molecule has 1 amide bonds. The van der Waals surface area contributed by atoms with Crippen molar-refractivity contribution in [1.29, 1.82) is 0 Å². The molecule has 6 heteroatoms. The lowest BCUT2D eigenvalue weighted by Gasteiger charge is -2.16. The van der Waals surface area contributed by atoms with Gasteiger partial charge in [0.25, 0.3) is 0 Å². The quantitative estimate of drug-likeness (QED) is 0.761. The molecular weight excluding hydrogens is 346 g/mol. The summed E-state index contributed by atoms with van der Waals surface area (Å²) in [5.74, 6) is 1.06. The fourth-order valence-electron chi connectivity index (χ4n) is 2.87. The van der Waals surface area contributed by atoms with Crippen LogP contribution in [0.4, 0.5) is 11.4 Å². The molecule has 136 valence electrons. The van der Waals surface area contributed by atoms with Crippen LogP contribution in [0.25, 0.3) is 0 Å². The molecule has 0 bridgehead atoms. The highest BCUT2D eigenvalue weighted by Crippen LogP contribution is 2.23. The summed E-state index contributed by atoms with van der Waals surface area (Å²) in [5, 5.41) is 6.91. The molecule has 1 aliphatic heterocycles. The first-order valence-electron chi connectivity index (χ1n) is 8.82. The maximum Gasteiger partial charge on any atom is 0.227 e. The zero-order valence-corrected chi connectivity index (χ0v) is 15.6. The van der Waals surface area contributed by atoms with Crippen LogP contribution in [0.1, 0.15) is 25.3 Å². The predicted molar refractivity (Wildman–Crippen MR) is 109 cm³/mol. The summed E-state index contributed by atoms with van der Waals surface area (Å²) in [4.78, 5) is 13.6. The third-order valence-electron chi connectivity index (χ3n) is 4.20. The van der Waals surface area contributed by atoms with E-state index in [1.807, 2.05) is 60.4 Å². The summed E-state index contributed by atoms with van der Waals surface area (Å²) in [6, 6.07) is 15.7. The molecule has 3 rings (SSSR count). The standard InChI is InChI=1S/C20H23N3O2S/c1-2-25-18-11-5-15(6-12-18)14-21-20(26)22-16-7-9-17(10-8-16)23-13-3-4-19(23)24/h5-12H,2-4,13-14H2,1H3,(H2,21,22,26). The van der Waals surface area contributed by atoms with Crippen molar-refractivity contribution in [2.24, 2.45) is 0 Å². The van der Waals surface area contributed by atoms with Gasteiger partial charge in [0.2, 0.25) is 5.91 Å². The van der Waals surface area contributed by atoms with Gasteiger partial charge in [0, 0.05) is 30.9 Å². The van der Waals surface area contributed by atoms with Crippen LogP contribution in [0.3, 0.4) is 0 Å². The maximum atomic E-state index is 11.8. The lowest BCUT2D eigenvalue weighted by atomic mass is 10.2. The van der Waals surface area contributed by atoms with E-state index in [4.69, 9.17) is 17.0 Å². The third-order valence-corrected chi connectivity index (χ3v) is 4.44. The molecule has 0 aromatic heterocycles. The topological polar surface area (TPSA) is 53.6 Å². The Morgan fingerprint density at radius 2 is 1.88 bits per heavy atom. The monoisotopic (exact) mass is 369 g/mol. The number of hydrogen-bond acceptors (Lipinski definition) is 3. The molecule has 0 radical (unpaired) electrons. The number of thiocarbonyl (C=S) groups is 1. The Hall–Kier alpha value is -2.60. The smallest absolute Gasteiger partial charge is 0.227 e. The summed E-state index contributed by atoms with van der Waals surface area (Å²) in [5.41, 5.74) is 2.96. The van der Waals surface area contributed by atoms with Crippen molar-refractivity contribution >= 4 is 34.6 Å². The van der Waals surface area contributed by atoms with Gasteiger partial charge >= 0.3 is 0 Å². The average molecular weight is 369 g/mol. The van der Waals surface area contributed by atoms with Gasteiger partial charge in [-0.3, -0.25) is 4.79 Å². The van der Waals surface area contributed by atoms with E-state index in [9.17, 15) is 4.79 Å². The van der Waals surface area contributed by atoms with E-state index < -0.39 is 0 Å². The normalized spacial score (nSPS) is 13.6. The fraction of sp³-hybridized carbons (Fsp3) is 0.300. The lowest BCUT2D eigenvalue weighted by molar-refractivity contribution is -0.117. The molecule has 1 heterocycles. The highest BCUT2D eigenvalue weighted by molar-refractivity contribution is 7.80. The van der Waals surface area contributed by atoms with Crippen LogP contribution in [0.15, 0.2) is 48.5 Å². The molecule has 2 aromatic carbocycles. The number of rotatable bonds is 6. The van der Waals surface area contributed by atoms with E-state index in [2.05, 4.69) is 10.6 Å². The van der Waals surface area contributed by atoms with Crippen LogP contribution in [-0.4, -0.2) is 24.2 Å². The fourth-order valence-corrected chi connectivity index (χ4v) is 3.06. The van der Waals surface area contributed by atoms with Crippen LogP contribution in [0, 0.1) is 0 Å². The second-order valence-corrected chi connectivity index (χ2v) is 6.49. The number of carbonyl (C=O) groups excluding carboxylic acids is 1. The van der Waals surface area contributed by atoms with Gasteiger partial charge in [-0.15, -0.1) is 0 Å². The Bertz CT molecular complexity index is 760. The van der Waals surface area contributed by atoms with Crippen LogP contribution in [-0.2, 0) is 11.3 Å². The van der Waals surface area contributed by atoms with Gasteiger partial charge in [0.15, 0.2) is 5.11 Å². The van der Waals surface area contributed by atoms with Crippen LogP contribution >= 0.6 is 12.2 Å². The molecule has 0 aliphatic carbocycles.